The third-order valence-electron chi connectivity index (χ3n) is 2.62. The highest BCUT2D eigenvalue weighted by Gasteiger charge is 2.16. The van der Waals surface area contributed by atoms with Crippen LogP contribution in [0.5, 0.6) is 5.75 Å². The molecule has 0 aliphatic rings. The first-order valence-electron chi connectivity index (χ1n) is 6.71. The van der Waals surface area contributed by atoms with Crippen molar-refractivity contribution in [2.45, 2.75) is 20.0 Å². The van der Waals surface area contributed by atoms with E-state index in [0.717, 1.165) is 0 Å². The van der Waals surface area contributed by atoms with Crippen LogP contribution in [0.4, 0.5) is 0 Å². The molecular formula is C15H22O5. The van der Waals surface area contributed by atoms with Crippen LogP contribution in [0, 0.1) is 0 Å². The molecule has 0 spiro atoms. The first kappa shape index (κ1) is 16.5. The molecule has 1 aromatic rings. The van der Waals surface area contributed by atoms with Crippen molar-refractivity contribution in [3.63, 3.8) is 0 Å². The minimum atomic E-state index is -0.399. The third-order valence-corrected chi connectivity index (χ3v) is 2.62. The zero-order valence-corrected chi connectivity index (χ0v) is 12.3. The molecule has 20 heavy (non-hydrogen) atoms. The summed E-state index contributed by atoms with van der Waals surface area (Å²) in [5.74, 6) is 0.304. The van der Waals surface area contributed by atoms with Gasteiger partial charge in [0.05, 0.1) is 25.9 Å². The van der Waals surface area contributed by atoms with Crippen molar-refractivity contribution in [1.82, 2.24) is 0 Å². The zero-order chi connectivity index (χ0) is 14.8. The molecule has 0 aromatic heterocycles. The lowest BCUT2D eigenvalue weighted by atomic mass is 10.2. The van der Waals surface area contributed by atoms with Crippen LogP contribution >= 0.6 is 0 Å². The highest BCUT2D eigenvalue weighted by atomic mass is 16.6. The lowest BCUT2D eigenvalue weighted by Gasteiger charge is -2.17. The molecule has 0 saturated carbocycles. The number of carbonyl (C=O) groups excluding carboxylic acids is 1. The lowest BCUT2D eigenvalue weighted by molar-refractivity contribution is -0.0363. The fourth-order valence-corrected chi connectivity index (χ4v) is 1.56. The molecule has 0 saturated heterocycles. The van der Waals surface area contributed by atoms with Gasteiger partial charge in [-0.3, -0.25) is 0 Å². The molecule has 0 bridgehead atoms. The highest BCUT2D eigenvalue weighted by molar-refractivity contribution is 5.89. The van der Waals surface area contributed by atoms with Gasteiger partial charge in [-0.05, 0) is 38.1 Å². The first-order chi connectivity index (χ1) is 9.71. The van der Waals surface area contributed by atoms with E-state index in [-0.39, 0.29) is 0 Å². The Kier molecular flexibility index (Phi) is 7.69. The van der Waals surface area contributed by atoms with E-state index in [1.54, 1.807) is 31.4 Å². The maximum absolute atomic E-state index is 12.0. The summed E-state index contributed by atoms with van der Waals surface area (Å²) in [5, 5.41) is 0. The SMILES string of the molecule is CCOCC(COCC)OC(=O)c1ccc(OC)cc1. The van der Waals surface area contributed by atoms with Gasteiger partial charge in [-0.15, -0.1) is 0 Å². The minimum Gasteiger partial charge on any atom is -0.497 e. The molecule has 0 radical (unpaired) electrons. The van der Waals surface area contributed by atoms with Crippen LogP contribution < -0.4 is 4.74 Å². The fraction of sp³-hybridized carbons (Fsp3) is 0.533. The van der Waals surface area contributed by atoms with Crippen LogP contribution in [-0.4, -0.2) is 45.6 Å². The van der Waals surface area contributed by atoms with Gasteiger partial charge in [0.25, 0.3) is 0 Å². The average molecular weight is 282 g/mol. The third kappa shape index (κ3) is 5.59. The van der Waals surface area contributed by atoms with Gasteiger partial charge in [-0.1, -0.05) is 0 Å². The summed E-state index contributed by atoms with van der Waals surface area (Å²) in [6, 6.07) is 6.77. The summed E-state index contributed by atoms with van der Waals surface area (Å²) in [6.45, 7) is 5.59. The molecule has 0 amide bonds. The number of methoxy groups -OCH3 is 1. The predicted molar refractivity (Wildman–Crippen MR) is 75.2 cm³/mol. The molecule has 5 heteroatoms. The topological polar surface area (TPSA) is 54.0 Å². The Balaban J connectivity index is 2.58. The van der Waals surface area contributed by atoms with Crippen molar-refractivity contribution >= 4 is 5.97 Å². The van der Waals surface area contributed by atoms with Gasteiger partial charge in [-0.25, -0.2) is 4.79 Å². The minimum absolute atomic E-state index is 0.332. The van der Waals surface area contributed by atoms with Gasteiger partial charge < -0.3 is 18.9 Å². The maximum atomic E-state index is 12.0. The molecule has 1 rings (SSSR count). The van der Waals surface area contributed by atoms with Crippen molar-refractivity contribution < 1.29 is 23.7 Å². The van der Waals surface area contributed by atoms with E-state index >= 15 is 0 Å². The lowest BCUT2D eigenvalue weighted by Crippen LogP contribution is -2.28. The Morgan fingerprint density at radius 1 is 1.05 bits per heavy atom. The Bertz CT molecular complexity index is 380. The number of hydrogen-bond donors (Lipinski definition) is 0. The number of benzene rings is 1. The second-order valence-corrected chi connectivity index (χ2v) is 4.07. The highest BCUT2D eigenvalue weighted by Crippen LogP contribution is 2.13. The molecule has 0 heterocycles. The average Bonchev–Trinajstić information content (AvgIpc) is 2.49. The van der Waals surface area contributed by atoms with Crippen molar-refractivity contribution in [3.8, 4) is 5.75 Å². The zero-order valence-electron chi connectivity index (χ0n) is 12.3. The summed E-state index contributed by atoms with van der Waals surface area (Å²) in [4.78, 5) is 12.0. The maximum Gasteiger partial charge on any atom is 0.338 e. The number of esters is 1. The van der Waals surface area contributed by atoms with Gasteiger partial charge in [0.15, 0.2) is 0 Å². The van der Waals surface area contributed by atoms with Crippen LogP contribution in [0.15, 0.2) is 24.3 Å². The molecule has 1 aromatic carbocycles. The summed E-state index contributed by atoms with van der Waals surface area (Å²) < 4.78 is 21.0. The molecule has 0 fully saturated rings. The van der Waals surface area contributed by atoms with E-state index in [1.165, 1.54) is 0 Å². The molecule has 0 atom stereocenters. The predicted octanol–water partition coefficient (Wildman–Crippen LogP) is 2.29. The van der Waals surface area contributed by atoms with Crippen molar-refractivity contribution in [2.75, 3.05) is 33.5 Å². The van der Waals surface area contributed by atoms with Crippen LogP contribution in [0.25, 0.3) is 0 Å². The van der Waals surface area contributed by atoms with E-state index in [1.807, 2.05) is 13.8 Å². The summed E-state index contributed by atoms with van der Waals surface area (Å²) in [5.41, 5.74) is 0.476. The molecular weight excluding hydrogens is 260 g/mol. The monoisotopic (exact) mass is 282 g/mol. The van der Waals surface area contributed by atoms with E-state index < -0.39 is 12.1 Å². The Hall–Kier alpha value is -1.59. The van der Waals surface area contributed by atoms with Gasteiger partial charge in [-0.2, -0.15) is 0 Å². The largest absolute Gasteiger partial charge is 0.497 e. The second kappa shape index (κ2) is 9.34. The smallest absolute Gasteiger partial charge is 0.338 e. The van der Waals surface area contributed by atoms with E-state index in [2.05, 4.69) is 0 Å². The first-order valence-corrected chi connectivity index (χ1v) is 6.71. The van der Waals surface area contributed by atoms with Crippen LogP contribution in [-0.2, 0) is 14.2 Å². The van der Waals surface area contributed by atoms with E-state index in [0.29, 0.717) is 37.7 Å². The standard InChI is InChI=1S/C15H22O5/c1-4-18-10-14(11-19-5-2)20-15(16)12-6-8-13(17-3)9-7-12/h6-9,14H,4-5,10-11H2,1-3H3. The summed E-state index contributed by atoms with van der Waals surface area (Å²) in [6.07, 6.45) is -0.399. The van der Waals surface area contributed by atoms with Crippen molar-refractivity contribution in [1.29, 1.82) is 0 Å². The number of rotatable bonds is 9. The second-order valence-electron chi connectivity index (χ2n) is 4.07. The Morgan fingerprint density at radius 2 is 1.60 bits per heavy atom. The summed E-state index contributed by atoms with van der Waals surface area (Å²) in [7, 11) is 1.58. The molecule has 0 aliphatic carbocycles. The Labute approximate surface area is 119 Å². The van der Waals surface area contributed by atoms with Gasteiger partial charge in [0.1, 0.15) is 11.9 Å². The molecule has 0 unspecified atom stereocenters. The molecule has 112 valence electrons. The number of hydrogen-bond acceptors (Lipinski definition) is 5. The van der Waals surface area contributed by atoms with E-state index in [9.17, 15) is 4.79 Å². The molecule has 5 nitrogen and oxygen atoms in total. The quantitative estimate of drug-likeness (QED) is 0.650. The van der Waals surface area contributed by atoms with Crippen LogP contribution in [0.2, 0.25) is 0 Å². The van der Waals surface area contributed by atoms with Gasteiger partial charge in [0, 0.05) is 13.2 Å². The Morgan fingerprint density at radius 3 is 2.05 bits per heavy atom. The van der Waals surface area contributed by atoms with Crippen LogP contribution in [0.1, 0.15) is 24.2 Å². The number of ether oxygens (including phenoxy) is 4. The molecule has 0 N–H and O–H groups in total. The van der Waals surface area contributed by atoms with Crippen molar-refractivity contribution in [2.24, 2.45) is 0 Å². The van der Waals surface area contributed by atoms with Crippen molar-refractivity contribution in [3.05, 3.63) is 29.8 Å². The fourth-order valence-electron chi connectivity index (χ4n) is 1.56. The van der Waals surface area contributed by atoms with E-state index in [4.69, 9.17) is 18.9 Å². The normalized spacial score (nSPS) is 10.6. The molecule has 0 aliphatic heterocycles. The van der Waals surface area contributed by atoms with Crippen LogP contribution in [0.3, 0.4) is 0 Å². The number of carbonyl (C=O) groups is 1. The summed E-state index contributed by atoms with van der Waals surface area (Å²) >= 11 is 0. The van der Waals surface area contributed by atoms with Gasteiger partial charge >= 0.3 is 5.97 Å². The van der Waals surface area contributed by atoms with Gasteiger partial charge in [0.2, 0.25) is 0 Å².